The van der Waals surface area contributed by atoms with Crippen LogP contribution in [-0.2, 0) is 6.42 Å². The van der Waals surface area contributed by atoms with Crippen molar-refractivity contribution in [2.75, 3.05) is 0 Å². The van der Waals surface area contributed by atoms with Gasteiger partial charge in [-0.3, -0.25) is 0 Å². The van der Waals surface area contributed by atoms with Crippen molar-refractivity contribution in [1.29, 1.82) is 0 Å². The van der Waals surface area contributed by atoms with E-state index in [4.69, 9.17) is 0 Å². The largest absolute Gasteiger partial charge is 0.507 e. The zero-order valence-electron chi connectivity index (χ0n) is 7.34. The summed E-state index contributed by atoms with van der Waals surface area (Å²) in [6, 6.07) is 1.38. The Morgan fingerprint density at radius 3 is 2.54 bits per heavy atom. The normalized spacial score (nSPS) is 10.4. The summed E-state index contributed by atoms with van der Waals surface area (Å²) in [5, 5.41) is 19.7. The molecule has 2 N–H and O–H groups in total. The molecule has 0 aromatic heterocycles. The molecule has 0 saturated heterocycles. The van der Waals surface area contributed by atoms with Crippen LogP contribution in [0.2, 0.25) is 0 Å². The maximum absolute atomic E-state index is 9.46. The van der Waals surface area contributed by atoms with Crippen LogP contribution in [0.5, 0.6) is 11.5 Å². The molecule has 0 heterocycles. The minimum Gasteiger partial charge on any atom is -0.507 e. The van der Waals surface area contributed by atoms with Gasteiger partial charge < -0.3 is 10.2 Å². The maximum atomic E-state index is 9.46. The molecule has 0 aliphatic rings. The summed E-state index contributed by atoms with van der Waals surface area (Å²) in [4.78, 5) is 0. The molecule has 0 bridgehead atoms. The number of rotatable bonds is 2. The summed E-state index contributed by atoms with van der Waals surface area (Å²) in [6.07, 6.45) is 1.87. The first-order chi connectivity index (χ1) is 6.07. The molecule has 1 rings (SSSR count). The molecule has 1 aromatic rings. The Hall–Kier alpha value is -0.0200. The van der Waals surface area contributed by atoms with Crippen LogP contribution in [0.1, 0.15) is 18.9 Å². The highest BCUT2D eigenvalue weighted by atomic mass is 127. The van der Waals surface area contributed by atoms with E-state index in [9.17, 15) is 10.2 Å². The van der Waals surface area contributed by atoms with Gasteiger partial charge in [-0.25, -0.2) is 0 Å². The van der Waals surface area contributed by atoms with E-state index in [1.54, 1.807) is 0 Å². The van der Waals surface area contributed by atoms with Crippen molar-refractivity contribution < 1.29 is 10.2 Å². The maximum Gasteiger partial charge on any atom is 0.132 e. The average Bonchev–Trinajstić information content (AvgIpc) is 2.09. The number of aromatic hydroxyl groups is 2. The fourth-order valence-electron chi connectivity index (χ4n) is 1.19. The standard InChI is InChI=1S/C9H12IO2P/c1-2-3-5-8(10)6(11)4-7(12)9(5)13/h4,11-12H,2-3,13H2,1H3. The lowest BCUT2D eigenvalue weighted by Crippen LogP contribution is -2.05. The van der Waals surface area contributed by atoms with Crippen LogP contribution in [0.25, 0.3) is 0 Å². The van der Waals surface area contributed by atoms with Crippen molar-refractivity contribution in [3.8, 4) is 11.5 Å². The minimum absolute atomic E-state index is 0.145. The molecule has 2 nitrogen and oxygen atoms in total. The minimum atomic E-state index is 0.145. The lowest BCUT2D eigenvalue weighted by atomic mass is 10.1. The topological polar surface area (TPSA) is 40.5 Å². The first kappa shape index (κ1) is 11.1. The van der Waals surface area contributed by atoms with Crippen molar-refractivity contribution in [1.82, 2.24) is 0 Å². The molecule has 0 fully saturated rings. The average molecular weight is 310 g/mol. The number of benzene rings is 1. The van der Waals surface area contributed by atoms with Gasteiger partial charge in [-0.1, -0.05) is 13.3 Å². The van der Waals surface area contributed by atoms with Gasteiger partial charge in [-0.2, -0.15) is 0 Å². The van der Waals surface area contributed by atoms with Gasteiger partial charge in [-0.05, 0) is 34.6 Å². The Morgan fingerprint density at radius 2 is 2.00 bits per heavy atom. The summed E-state index contributed by atoms with van der Waals surface area (Å²) in [5.41, 5.74) is 1.02. The van der Waals surface area contributed by atoms with Crippen LogP contribution in [0, 0.1) is 3.57 Å². The first-order valence-electron chi connectivity index (χ1n) is 4.06. The van der Waals surface area contributed by atoms with E-state index in [0.29, 0.717) is 0 Å². The van der Waals surface area contributed by atoms with Crippen molar-refractivity contribution >= 4 is 37.1 Å². The SMILES string of the molecule is CCCc1c(P)c(O)cc(O)c1I. The van der Waals surface area contributed by atoms with E-state index in [-0.39, 0.29) is 11.5 Å². The molecule has 1 atom stereocenters. The highest BCUT2D eigenvalue weighted by Gasteiger charge is 2.11. The number of hydrogen-bond donors (Lipinski definition) is 2. The van der Waals surface area contributed by atoms with E-state index in [1.165, 1.54) is 6.07 Å². The molecule has 0 aliphatic carbocycles. The molecular formula is C9H12IO2P. The second-order valence-electron chi connectivity index (χ2n) is 2.87. The van der Waals surface area contributed by atoms with Gasteiger partial charge in [0.25, 0.3) is 0 Å². The van der Waals surface area contributed by atoms with Gasteiger partial charge in [0.15, 0.2) is 0 Å². The lowest BCUT2D eigenvalue weighted by molar-refractivity contribution is 0.449. The molecule has 1 unspecified atom stereocenters. The zero-order valence-corrected chi connectivity index (χ0v) is 10.7. The third kappa shape index (κ3) is 2.26. The molecule has 13 heavy (non-hydrogen) atoms. The van der Waals surface area contributed by atoms with Crippen molar-refractivity contribution in [3.63, 3.8) is 0 Å². The first-order valence-corrected chi connectivity index (χ1v) is 5.72. The Labute approximate surface area is 93.7 Å². The summed E-state index contributed by atoms with van der Waals surface area (Å²) < 4.78 is 0.835. The Balaban J connectivity index is 3.28. The summed E-state index contributed by atoms with van der Waals surface area (Å²) in [6.45, 7) is 2.07. The van der Waals surface area contributed by atoms with E-state index in [2.05, 4.69) is 38.8 Å². The van der Waals surface area contributed by atoms with Crippen LogP contribution in [0.3, 0.4) is 0 Å². The number of halogens is 1. The van der Waals surface area contributed by atoms with Gasteiger partial charge in [0.1, 0.15) is 11.5 Å². The predicted octanol–water partition coefficient (Wildman–Crippen LogP) is 2.16. The van der Waals surface area contributed by atoms with Crippen LogP contribution in [0.15, 0.2) is 6.07 Å². The summed E-state index contributed by atoms with van der Waals surface area (Å²) in [7, 11) is 2.51. The molecule has 0 aliphatic heterocycles. The van der Waals surface area contributed by atoms with Gasteiger partial charge in [0.2, 0.25) is 0 Å². The number of phenols is 2. The molecule has 0 radical (unpaired) electrons. The molecule has 0 saturated carbocycles. The monoisotopic (exact) mass is 310 g/mol. The second-order valence-corrected chi connectivity index (χ2v) is 4.53. The quantitative estimate of drug-likeness (QED) is 0.649. The molecule has 0 spiro atoms. The van der Waals surface area contributed by atoms with Crippen molar-refractivity contribution in [2.45, 2.75) is 19.8 Å². The van der Waals surface area contributed by atoms with E-state index < -0.39 is 0 Å². The third-order valence-electron chi connectivity index (χ3n) is 1.86. The van der Waals surface area contributed by atoms with E-state index in [0.717, 1.165) is 27.3 Å². The number of hydrogen-bond acceptors (Lipinski definition) is 2. The van der Waals surface area contributed by atoms with Crippen LogP contribution >= 0.6 is 31.8 Å². The van der Waals surface area contributed by atoms with Crippen LogP contribution in [-0.4, -0.2) is 10.2 Å². The predicted molar refractivity (Wildman–Crippen MR) is 65.8 cm³/mol. The van der Waals surface area contributed by atoms with Gasteiger partial charge in [-0.15, -0.1) is 9.24 Å². The highest BCUT2D eigenvalue weighted by molar-refractivity contribution is 14.1. The molecular weight excluding hydrogens is 298 g/mol. The molecule has 1 aromatic carbocycles. The molecule has 0 amide bonds. The van der Waals surface area contributed by atoms with Gasteiger partial charge in [0.05, 0.1) is 3.57 Å². The van der Waals surface area contributed by atoms with Gasteiger partial charge in [0, 0.05) is 11.4 Å². The highest BCUT2D eigenvalue weighted by Crippen LogP contribution is 2.29. The summed E-state index contributed by atoms with van der Waals surface area (Å²) in [5.74, 6) is 0.305. The van der Waals surface area contributed by atoms with Crippen LogP contribution in [0.4, 0.5) is 0 Å². The third-order valence-corrected chi connectivity index (χ3v) is 3.71. The van der Waals surface area contributed by atoms with E-state index >= 15 is 0 Å². The lowest BCUT2D eigenvalue weighted by Gasteiger charge is -2.10. The molecule has 4 heteroatoms. The fraction of sp³-hybridized carbons (Fsp3) is 0.333. The fourth-order valence-corrected chi connectivity index (χ4v) is 2.57. The van der Waals surface area contributed by atoms with E-state index in [1.807, 2.05) is 0 Å². The number of phenolic OH excluding ortho intramolecular Hbond substituents is 2. The smallest absolute Gasteiger partial charge is 0.132 e. The van der Waals surface area contributed by atoms with Crippen molar-refractivity contribution in [2.24, 2.45) is 0 Å². The Bertz CT molecular complexity index is 300. The Kier molecular flexibility index (Phi) is 3.80. The van der Waals surface area contributed by atoms with Crippen molar-refractivity contribution in [3.05, 3.63) is 15.2 Å². The van der Waals surface area contributed by atoms with Gasteiger partial charge >= 0.3 is 0 Å². The second kappa shape index (κ2) is 4.47. The zero-order chi connectivity index (χ0) is 10.0. The molecule has 72 valence electrons. The Morgan fingerprint density at radius 1 is 1.38 bits per heavy atom. The summed E-state index contributed by atoms with van der Waals surface area (Å²) >= 11 is 2.10. The van der Waals surface area contributed by atoms with Crippen LogP contribution < -0.4 is 5.30 Å².